The molecule has 0 aliphatic rings. The summed E-state index contributed by atoms with van der Waals surface area (Å²) in [6, 6.07) is 0. The van der Waals surface area contributed by atoms with Crippen LogP contribution in [0.2, 0.25) is 0 Å². The van der Waals surface area contributed by atoms with Gasteiger partial charge in [0.05, 0.1) is 0 Å². The van der Waals surface area contributed by atoms with Crippen molar-refractivity contribution in [2.45, 2.75) is 0 Å². The van der Waals surface area contributed by atoms with Crippen LogP contribution in [0.25, 0.3) is 5.73 Å². The van der Waals surface area contributed by atoms with E-state index in [1.807, 2.05) is 0 Å². The van der Waals surface area contributed by atoms with Crippen molar-refractivity contribution >= 4 is 0 Å². The summed E-state index contributed by atoms with van der Waals surface area (Å²) >= 11 is 0. The normalized spacial score (nSPS) is 6.00. The quantitative estimate of drug-likeness (QED) is 0.517. The minimum atomic E-state index is 0. The number of hydrogen-bond donors (Lipinski definition) is 1. The van der Waals surface area contributed by atoms with Crippen LogP contribution in [0.3, 0.4) is 0 Å². The molecule has 0 saturated heterocycles. The molecule has 0 aliphatic heterocycles. The molecule has 0 spiro atoms. The summed E-state index contributed by atoms with van der Waals surface area (Å²) in [5.41, 5.74) is 11.2. The average Bonchev–Trinajstić information content (AvgIpc) is 1.37. The molecule has 0 rings (SSSR count). The van der Waals surface area contributed by atoms with Crippen LogP contribution in [0, 0.1) is 0 Å². The molecule has 0 atom stereocenters. The third-order valence-electron chi connectivity index (χ3n) is 0.144. The van der Waals surface area contributed by atoms with E-state index in [0.717, 1.165) is 0 Å². The van der Waals surface area contributed by atoms with Gasteiger partial charge in [-0.05, 0) is 6.54 Å². The van der Waals surface area contributed by atoms with Crippen LogP contribution >= 0.6 is 0 Å². The van der Waals surface area contributed by atoms with E-state index < -0.39 is 0 Å². The van der Waals surface area contributed by atoms with Gasteiger partial charge < -0.3 is 11.5 Å². The first-order chi connectivity index (χ1) is 1.91. The standard InChI is InChI=1S/C2H7N2.Co/c3-1-2-4;/h3H,1-2,4H2;/q-1;. The molecular formula is C2H7CoN2-. The van der Waals surface area contributed by atoms with Crippen molar-refractivity contribution in [3.63, 3.8) is 0 Å². The maximum absolute atomic E-state index is 6.33. The summed E-state index contributed by atoms with van der Waals surface area (Å²) in [5, 5.41) is 0. The van der Waals surface area contributed by atoms with E-state index in [0.29, 0.717) is 13.1 Å². The summed E-state index contributed by atoms with van der Waals surface area (Å²) in [6.07, 6.45) is 0. The number of rotatable bonds is 1. The molecule has 0 bridgehead atoms. The van der Waals surface area contributed by atoms with Gasteiger partial charge in [-0.3, -0.25) is 0 Å². The second-order valence-corrected chi connectivity index (χ2v) is 0.539. The van der Waals surface area contributed by atoms with Gasteiger partial charge in [0.25, 0.3) is 0 Å². The van der Waals surface area contributed by atoms with Crippen LogP contribution in [-0.4, -0.2) is 13.1 Å². The predicted octanol–water partition coefficient (Wildman–Crippen LogP) is -0.00520. The molecule has 0 aromatic carbocycles. The Labute approximate surface area is 42.1 Å². The van der Waals surface area contributed by atoms with Crippen LogP contribution in [0.5, 0.6) is 0 Å². The van der Waals surface area contributed by atoms with E-state index in [2.05, 4.69) is 0 Å². The van der Waals surface area contributed by atoms with Crippen molar-refractivity contribution in [1.29, 1.82) is 0 Å². The summed E-state index contributed by atoms with van der Waals surface area (Å²) < 4.78 is 0. The molecule has 2 nitrogen and oxygen atoms in total. The zero-order valence-electron chi connectivity index (χ0n) is 2.82. The first kappa shape index (κ1) is 9.06. The van der Waals surface area contributed by atoms with E-state index in [-0.39, 0.29) is 16.8 Å². The molecule has 0 saturated carbocycles. The second-order valence-electron chi connectivity index (χ2n) is 0.539. The van der Waals surface area contributed by atoms with Gasteiger partial charge in [0, 0.05) is 16.8 Å². The molecule has 0 heterocycles. The summed E-state index contributed by atoms with van der Waals surface area (Å²) in [7, 11) is 0. The Bertz CT molecular complexity index is 9.61. The van der Waals surface area contributed by atoms with Gasteiger partial charge in [-0.15, -0.1) is 6.54 Å². The Morgan fingerprint density at radius 3 is 1.80 bits per heavy atom. The molecule has 0 aromatic heterocycles. The molecule has 1 radical (unpaired) electrons. The minimum Gasteiger partial charge on any atom is -0.676 e. The third kappa shape index (κ3) is 12.8. The van der Waals surface area contributed by atoms with Gasteiger partial charge in [-0.2, -0.15) is 0 Å². The van der Waals surface area contributed by atoms with E-state index in [4.69, 9.17) is 11.5 Å². The van der Waals surface area contributed by atoms with Crippen LogP contribution in [0.15, 0.2) is 0 Å². The van der Waals surface area contributed by atoms with Crippen LogP contribution < -0.4 is 5.73 Å². The fraction of sp³-hybridized carbons (Fsp3) is 1.00. The smallest absolute Gasteiger partial charge is 0 e. The van der Waals surface area contributed by atoms with Gasteiger partial charge >= 0.3 is 0 Å². The first-order valence-electron chi connectivity index (χ1n) is 1.26. The van der Waals surface area contributed by atoms with Crippen molar-refractivity contribution in [3.05, 3.63) is 5.73 Å². The van der Waals surface area contributed by atoms with Gasteiger partial charge in [-0.1, -0.05) is 0 Å². The Balaban J connectivity index is 0. The Morgan fingerprint density at radius 2 is 1.80 bits per heavy atom. The number of hydrogen-bond acceptors (Lipinski definition) is 1. The summed E-state index contributed by atoms with van der Waals surface area (Å²) in [5.74, 6) is 0. The third-order valence-corrected chi connectivity index (χ3v) is 0.144. The van der Waals surface area contributed by atoms with Crippen LogP contribution in [-0.2, 0) is 16.8 Å². The Hall–Kier alpha value is 0.426. The minimum absolute atomic E-state index is 0. The first-order valence-corrected chi connectivity index (χ1v) is 1.26. The monoisotopic (exact) mass is 118 g/mol. The largest absolute Gasteiger partial charge is 0.676 e. The van der Waals surface area contributed by atoms with E-state index >= 15 is 0 Å². The van der Waals surface area contributed by atoms with Crippen molar-refractivity contribution in [2.24, 2.45) is 5.73 Å². The SMILES string of the molecule is [Co].[NH-]CCN. The van der Waals surface area contributed by atoms with Crippen LogP contribution in [0.1, 0.15) is 0 Å². The Kier molecular flexibility index (Phi) is 16.0. The van der Waals surface area contributed by atoms with E-state index in [1.54, 1.807) is 0 Å². The fourth-order valence-corrected chi connectivity index (χ4v) is 0. The van der Waals surface area contributed by atoms with Gasteiger partial charge in [-0.25, -0.2) is 0 Å². The number of nitrogens with one attached hydrogen (secondary N) is 1. The van der Waals surface area contributed by atoms with Gasteiger partial charge in [0.2, 0.25) is 0 Å². The molecule has 0 amide bonds. The zero-order valence-corrected chi connectivity index (χ0v) is 3.87. The molecule has 0 fully saturated rings. The zero-order chi connectivity index (χ0) is 3.41. The van der Waals surface area contributed by atoms with Crippen molar-refractivity contribution in [1.82, 2.24) is 0 Å². The summed E-state index contributed by atoms with van der Waals surface area (Å²) in [4.78, 5) is 0. The maximum Gasteiger partial charge on any atom is 0 e. The van der Waals surface area contributed by atoms with Crippen molar-refractivity contribution in [3.8, 4) is 0 Å². The molecular weight excluding hydrogens is 111 g/mol. The van der Waals surface area contributed by atoms with Crippen molar-refractivity contribution in [2.75, 3.05) is 13.1 Å². The summed E-state index contributed by atoms with van der Waals surface area (Å²) in [6.45, 7) is 0.833. The molecule has 35 valence electrons. The molecule has 0 unspecified atom stereocenters. The second kappa shape index (κ2) is 8.83. The molecule has 3 N–H and O–H groups in total. The topological polar surface area (TPSA) is 49.8 Å². The van der Waals surface area contributed by atoms with Gasteiger partial charge in [0.15, 0.2) is 0 Å². The molecule has 3 heteroatoms. The van der Waals surface area contributed by atoms with Gasteiger partial charge in [0.1, 0.15) is 0 Å². The molecule has 5 heavy (non-hydrogen) atoms. The van der Waals surface area contributed by atoms with Crippen LogP contribution in [0.4, 0.5) is 0 Å². The van der Waals surface area contributed by atoms with E-state index in [1.165, 1.54) is 0 Å². The molecule has 0 aliphatic carbocycles. The Morgan fingerprint density at radius 1 is 1.60 bits per heavy atom. The number of nitrogens with two attached hydrogens (primary N) is 1. The van der Waals surface area contributed by atoms with E-state index in [9.17, 15) is 0 Å². The maximum atomic E-state index is 6.33. The molecule has 0 aromatic rings. The fourth-order valence-electron chi connectivity index (χ4n) is 0. The van der Waals surface area contributed by atoms with Crippen molar-refractivity contribution < 1.29 is 16.8 Å². The average molecular weight is 118 g/mol. The predicted molar refractivity (Wildman–Crippen MR) is 18.2 cm³/mol.